The van der Waals surface area contributed by atoms with E-state index in [9.17, 15) is 48.6 Å². The number of esters is 2. The molecule has 19 nitrogen and oxygen atoms in total. The number of nitrogen functional groups attached to an aromatic ring is 1. The van der Waals surface area contributed by atoms with Gasteiger partial charge in [-0.25, -0.2) is 13.9 Å². The van der Waals surface area contributed by atoms with E-state index in [0.717, 1.165) is 75.0 Å². The van der Waals surface area contributed by atoms with Crippen LogP contribution in [0.1, 0.15) is 168 Å². The van der Waals surface area contributed by atoms with Crippen LogP contribution in [0.3, 0.4) is 0 Å². The van der Waals surface area contributed by atoms with Crippen LogP contribution >= 0.6 is 15.6 Å². The van der Waals surface area contributed by atoms with E-state index in [0.29, 0.717) is 32.1 Å². The summed E-state index contributed by atoms with van der Waals surface area (Å²) in [6.07, 6.45) is 41.2. The van der Waals surface area contributed by atoms with Gasteiger partial charge < -0.3 is 45.1 Å². The standard InChI is InChI=1S/C54H87N3O16P2/c1-3-5-7-9-11-12-13-14-15-16-17-18-19-24-27-31-35-39-50(60)71-46(42-68-49(59)38-34-30-26-23-21-20-22-25-29-33-37-45(58)36-32-28-10-8-6-4-2)43-69-74(64,65)73-75(66,67)70-44-47-51(61)52(62)53(72-47)57-41-40-48(55)56-54(57)63/h6,8,14-15,20-21,25-26,28-30,32-33,37,40-41,45-47,51-53,58,61-62H,3-5,7,9-13,16-19,22-24,27,31,34-36,38-39,42-44H2,1-2H3,(H,64,65)(H,66,67)(H2,55,56,63)/b8-6-,15-14-,21-20-,29-25-,30-26-,32-28-,37-33+/t45?,46-,47-,51-,52-,53-/m1/s1. The van der Waals surface area contributed by atoms with Crippen LogP contribution < -0.4 is 11.4 Å². The number of phosphoric ester groups is 2. The third-order valence-corrected chi connectivity index (χ3v) is 14.2. The van der Waals surface area contributed by atoms with Crippen molar-refractivity contribution in [1.82, 2.24) is 9.55 Å². The molecule has 0 spiro atoms. The lowest BCUT2D eigenvalue weighted by molar-refractivity contribution is -0.161. The first-order chi connectivity index (χ1) is 36.1. The monoisotopic (exact) mass is 1100 g/mol. The van der Waals surface area contributed by atoms with Crippen molar-refractivity contribution in [2.45, 2.75) is 198 Å². The number of nitrogens with zero attached hydrogens (tertiary/aromatic N) is 2. The fraction of sp³-hybridized carbons (Fsp3) is 0.630. The maximum Gasteiger partial charge on any atom is 0.481 e. The molecule has 1 saturated heterocycles. The summed E-state index contributed by atoms with van der Waals surface area (Å²) in [6, 6.07) is 1.24. The number of aliphatic hydroxyl groups is 3. The molecule has 0 radical (unpaired) electrons. The molecular formula is C54H87N3O16P2. The minimum atomic E-state index is -5.45. The smallest absolute Gasteiger partial charge is 0.462 e. The number of anilines is 1. The summed E-state index contributed by atoms with van der Waals surface area (Å²) < 4.78 is 56.7. The Morgan fingerprint density at radius 2 is 1.31 bits per heavy atom. The second-order valence-corrected chi connectivity index (χ2v) is 21.2. The third kappa shape index (κ3) is 33.6. The van der Waals surface area contributed by atoms with Gasteiger partial charge in [0.15, 0.2) is 12.3 Å². The summed E-state index contributed by atoms with van der Waals surface area (Å²) in [5, 5.41) is 31.0. The van der Waals surface area contributed by atoms with Gasteiger partial charge in [-0.2, -0.15) is 9.29 Å². The number of nitrogens with two attached hydrogens (primary N) is 1. The van der Waals surface area contributed by atoms with E-state index >= 15 is 0 Å². The zero-order valence-electron chi connectivity index (χ0n) is 44.2. The zero-order valence-corrected chi connectivity index (χ0v) is 46.0. The highest BCUT2D eigenvalue weighted by atomic mass is 31.3. The molecule has 1 aliphatic heterocycles. The molecule has 1 aliphatic rings. The lowest BCUT2D eigenvalue weighted by Gasteiger charge is -2.21. The van der Waals surface area contributed by atoms with E-state index < -0.39 is 89.8 Å². The predicted molar refractivity (Wildman–Crippen MR) is 290 cm³/mol. The lowest BCUT2D eigenvalue weighted by Crippen LogP contribution is -2.36. The van der Waals surface area contributed by atoms with Gasteiger partial charge in [0.05, 0.1) is 19.3 Å². The van der Waals surface area contributed by atoms with E-state index in [4.69, 9.17) is 29.0 Å². The summed E-state index contributed by atoms with van der Waals surface area (Å²) in [5.41, 5.74) is 4.58. The number of unbranched alkanes of at least 4 members (excludes halogenated alkanes) is 13. The minimum absolute atomic E-state index is 0.0153. The van der Waals surface area contributed by atoms with Gasteiger partial charge in [0.25, 0.3) is 0 Å². The highest BCUT2D eigenvalue weighted by molar-refractivity contribution is 7.61. The Morgan fingerprint density at radius 1 is 0.720 bits per heavy atom. The number of carbonyl (C=O) groups is 2. The summed E-state index contributed by atoms with van der Waals surface area (Å²) in [7, 11) is -10.9. The molecular weight excluding hydrogens is 1010 g/mol. The Labute approximate surface area is 444 Å². The Bertz CT molecular complexity index is 2110. The molecule has 0 saturated carbocycles. The van der Waals surface area contributed by atoms with E-state index in [2.05, 4.69) is 47.4 Å². The summed E-state index contributed by atoms with van der Waals surface area (Å²) in [4.78, 5) is 62.0. The average molecular weight is 1100 g/mol. The lowest BCUT2D eigenvalue weighted by atomic mass is 10.1. The number of aliphatic hydroxyl groups excluding tert-OH is 3. The first-order valence-corrected chi connectivity index (χ1v) is 29.7. The minimum Gasteiger partial charge on any atom is -0.462 e. The van der Waals surface area contributed by atoms with Gasteiger partial charge >= 0.3 is 33.3 Å². The van der Waals surface area contributed by atoms with Crippen LogP contribution in [0.25, 0.3) is 0 Å². The molecule has 2 heterocycles. The van der Waals surface area contributed by atoms with Crippen molar-refractivity contribution < 1.29 is 71.4 Å². The quantitative estimate of drug-likeness (QED) is 0.0116. The molecule has 21 heteroatoms. The van der Waals surface area contributed by atoms with Gasteiger partial charge in [-0.05, 0) is 76.7 Å². The first-order valence-electron chi connectivity index (χ1n) is 26.7. The number of hydrogen-bond donors (Lipinski definition) is 6. The van der Waals surface area contributed by atoms with E-state index in [1.807, 2.05) is 54.7 Å². The molecule has 7 N–H and O–H groups in total. The van der Waals surface area contributed by atoms with Crippen LogP contribution in [-0.4, -0.2) is 96.9 Å². The van der Waals surface area contributed by atoms with Crippen LogP contribution in [0.4, 0.5) is 5.82 Å². The van der Waals surface area contributed by atoms with Gasteiger partial charge in [0, 0.05) is 19.0 Å². The highest BCUT2D eigenvalue weighted by Crippen LogP contribution is 2.60. The molecule has 424 valence electrons. The molecule has 1 fully saturated rings. The average Bonchev–Trinajstić information content (AvgIpc) is 3.64. The summed E-state index contributed by atoms with van der Waals surface area (Å²) in [5.74, 6) is -1.44. The number of aromatic nitrogens is 2. The normalized spacial score (nSPS) is 19.9. The van der Waals surface area contributed by atoms with Crippen molar-refractivity contribution in [2.75, 3.05) is 25.6 Å². The zero-order chi connectivity index (χ0) is 55.0. The number of rotatable bonds is 43. The fourth-order valence-corrected chi connectivity index (χ4v) is 9.53. The van der Waals surface area contributed by atoms with E-state index in [1.165, 1.54) is 44.6 Å². The second-order valence-electron chi connectivity index (χ2n) is 18.2. The number of phosphoric acid groups is 2. The number of allylic oxidation sites excluding steroid dienone is 12. The molecule has 0 bridgehead atoms. The summed E-state index contributed by atoms with van der Waals surface area (Å²) >= 11 is 0. The Hall–Kier alpha value is -4.10. The van der Waals surface area contributed by atoms with Crippen LogP contribution in [0.15, 0.2) is 102 Å². The van der Waals surface area contributed by atoms with Crippen LogP contribution in [0, 0.1) is 0 Å². The molecule has 2 rings (SSSR count). The highest BCUT2D eigenvalue weighted by Gasteiger charge is 2.46. The number of ether oxygens (including phenoxy) is 3. The van der Waals surface area contributed by atoms with Crippen molar-refractivity contribution in [1.29, 1.82) is 0 Å². The predicted octanol–water partition coefficient (Wildman–Crippen LogP) is 10.4. The number of carbonyl (C=O) groups excluding carboxylic acids is 2. The van der Waals surface area contributed by atoms with Crippen molar-refractivity contribution >= 4 is 33.4 Å². The topological polar surface area (TPSA) is 286 Å². The molecule has 1 aromatic heterocycles. The van der Waals surface area contributed by atoms with Gasteiger partial charge in [0.2, 0.25) is 0 Å². The molecule has 75 heavy (non-hydrogen) atoms. The first kappa shape index (κ1) is 67.0. The van der Waals surface area contributed by atoms with Gasteiger partial charge in [-0.3, -0.25) is 23.2 Å². The Morgan fingerprint density at radius 3 is 1.97 bits per heavy atom. The maximum atomic E-state index is 12.9. The third-order valence-electron chi connectivity index (χ3n) is 11.6. The molecule has 0 amide bonds. The Kier molecular flexibility index (Phi) is 36.7. The SMILES string of the molecule is CC/C=C\C/C=C\CC(O)/C=C/C=C\C/C=C\C/C=C\CCC(=O)OC[C@H](COP(=O)(O)OP(=O)(O)OC[C@H]1O[C@@H](n2ccc(N)nc2=O)[C@H](O)[C@@H]1O)OC(=O)CCCCCCCCC/C=C\CCCCCCCC. The largest absolute Gasteiger partial charge is 0.481 e. The van der Waals surface area contributed by atoms with Crippen LogP contribution in [0.5, 0.6) is 0 Å². The molecule has 1 aromatic rings. The van der Waals surface area contributed by atoms with Gasteiger partial charge in [-0.15, -0.1) is 0 Å². The molecule has 0 aliphatic carbocycles. The summed E-state index contributed by atoms with van der Waals surface area (Å²) in [6.45, 7) is 1.89. The molecule has 0 aromatic carbocycles. The van der Waals surface area contributed by atoms with E-state index in [-0.39, 0.29) is 18.7 Å². The van der Waals surface area contributed by atoms with Crippen LogP contribution in [-0.2, 0) is 46.3 Å². The van der Waals surface area contributed by atoms with Crippen LogP contribution in [0.2, 0.25) is 0 Å². The van der Waals surface area contributed by atoms with Crippen molar-refractivity contribution in [3.8, 4) is 0 Å². The van der Waals surface area contributed by atoms with E-state index in [1.54, 1.807) is 6.08 Å². The maximum absolute atomic E-state index is 12.9. The van der Waals surface area contributed by atoms with Gasteiger partial charge in [0.1, 0.15) is 30.7 Å². The molecule has 8 atom stereocenters. The van der Waals surface area contributed by atoms with Gasteiger partial charge in [-0.1, -0.05) is 163 Å². The molecule has 3 unspecified atom stereocenters. The second kappa shape index (κ2) is 41.1. The Balaban J connectivity index is 1.83. The van der Waals surface area contributed by atoms with Crippen molar-refractivity contribution in [3.63, 3.8) is 0 Å². The fourth-order valence-electron chi connectivity index (χ4n) is 7.42. The van der Waals surface area contributed by atoms with Crippen molar-refractivity contribution in [3.05, 3.63) is 108 Å². The van der Waals surface area contributed by atoms with Crippen molar-refractivity contribution in [2.24, 2.45) is 0 Å². The number of hydrogen-bond acceptors (Lipinski definition) is 16.